The van der Waals surface area contributed by atoms with Crippen LogP contribution in [0.5, 0.6) is 0 Å². The normalized spacial score (nSPS) is 14.7. The molecule has 0 bridgehead atoms. The van der Waals surface area contributed by atoms with E-state index in [4.69, 9.17) is 4.74 Å². The largest absolute Gasteiger partial charge is 0.451 e. The SMILES string of the molecule is O=C(OCC(=O)N(Cc1ccc(F)cc1)C1CCCCC1)c1cc(Br)c[nH]1. The first-order chi connectivity index (χ1) is 13.0. The Bertz CT molecular complexity index is 785. The average Bonchev–Trinajstić information content (AvgIpc) is 3.12. The van der Waals surface area contributed by atoms with Crippen LogP contribution in [0, 0.1) is 5.82 Å². The van der Waals surface area contributed by atoms with Gasteiger partial charge in [0.15, 0.2) is 6.61 Å². The van der Waals surface area contributed by atoms with E-state index < -0.39 is 5.97 Å². The van der Waals surface area contributed by atoms with Gasteiger partial charge in [-0.2, -0.15) is 0 Å². The molecule has 1 aromatic carbocycles. The Morgan fingerprint density at radius 3 is 2.52 bits per heavy atom. The van der Waals surface area contributed by atoms with Crippen molar-refractivity contribution in [3.63, 3.8) is 0 Å². The number of carbonyl (C=O) groups is 2. The molecule has 0 saturated heterocycles. The maximum Gasteiger partial charge on any atom is 0.355 e. The van der Waals surface area contributed by atoms with Crippen LogP contribution in [0.25, 0.3) is 0 Å². The molecule has 5 nitrogen and oxygen atoms in total. The highest BCUT2D eigenvalue weighted by molar-refractivity contribution is 9.10. The lowest BCUT2D eigenvalue weighted by molar-refractivity contribution is -0.138. The van der Waals surface area contributed by atoms with E-state index in [1.54, 1.807) is 29.3 Å². The second-order valence-electron chi connectivity index (χ2n) is 6.75. The number of rotatable bonds is 6. The average molecular weight is 437 g/mol. The van der Waals surface area contributed by atoms with Crippen molar-refractivity contribution in [1.82, 2.24) is 9.88 Å². The highest BCUT2D eigenvalue weighted by Crippen LogP contribution is 2.24. The van der Waals surface area contributed by atoms with Crippen LogP contribution in [0.2, 0.25) is 0 Å². The number of ether oxygens (including phenoxy) is 1. The molecule has 0 atom stereocenters. The monoisotopic (exact) mass is 436 g/mol. The third-order valence-electron chi connectivity index (χ3n) is 4.80. The number of carbonyl (C=O) groups excluding carboxylic acids is 2. The predicted octanol–water partition coefficient (Wildman–Crippen LogP) is 4.43. The van der Waals surface area contributed by atoms with Gasteiger partial charge in [-0.05, 0) is 52.5 Å². The van der Waals surface area contributed by atoms with Crippen molar-refractivity contribution in [2.75, 3.05) is 6.61 Å². The molecule has 1 heterocycles. The summed E-state index contributed by atoms with van der Waals surface area (Å²) in [5.41, 5.74) is 1.15. The zero-order valence-corrected chi connectivity index (χ0v) is 16.5. The summed E-state index contributed by atoms with van der Waals surface area (Å²) >= 11 is 3.26. The summed E-state index contributed by atoms with van der Waals surface area (Å²) in [5.74, 6) is -1.11. The highest BCUT2D eigenvalue weighted by Gasteiger charge is 2.26. The minimum Gasteiger partial charge on any atom is -0.451 e. The molecule has 0 aliphatic heterocycles. The van der Waals surface area contributed by atoms with Crippen LogP contribution in [0.1, 0.15) is 48.2 Å². The van der Waals surface area contributed by atoms with Crippen LogP contribution in [-0.4, -0.2) is 34.4 Å². The summed E-state index contributed by atoms with van der Waals surface area (Å²) in [7, 11) is 0. The van der Waals surface area contributed by atoms with E-state index in [1.165, 1.54) is 18.6 Å². The molecule has 27 heavy (non-hydrogen) atoms. The second kappa shape index (κ2) is 9.17. The van der Waals surface area contributed by atoms with Gasteiger partial charge in [0.25, 0.3) is 5.91 Å². The van der Waals surface area contributed by atoms with Gasteiger partial charge in [0, 0.05) is 23.3 Å². The van der Waals surface area contributed by atoms with E-state index in [9.17, 15) is 14.0 Å². The number of benzene rings is 1. The molecule has 2 aromatic rings. The lowest BCUT2D eigenvalue weighted by Gasteiger charge is -2.34. The number of nitrogens with one attached hydrogen (secondary N) is 1. The topological polar surface area (TPSA) is 62.4 Å². The van der Waals surface area contributed by atoms with E-state index in [2.05, 4.69) is 20.9 Å². The van der Waals surface area contributed by atoms with Gasteiger partial charge in [0.2, 0.25) is 0 Å². The van der Waals surface area contributed by atoms with Crippen molar-refractivity contribution in [2.24, 2.45) is 0 Å². The molecule has 7 heteroatoms. The van der Waals surface area contributed by atoms with Crippen LogP contribution < -0.4 is 0 Å². The first kappa shape index (κ1) is 19.6. The van der Waals surface area contributed by atoms with Crippen LogP contribution in [-0.2, 0) is 16.1 Å². The molecule has 1 aromatic heterocycles. The molecule has 1 amide bonds. The van der Waals surface area contributed by atoms with Crippen molar-refractivity contribution in [3.05, 3.63) is 58.1 Å². The van der Waals surface area contributed by atoms with E-state index >= 15 is 0 Å². The molecule has 1 N–H and O–H groups in total. The molecule has 1 aliphatic carbocycles. The van der Waals surface area contributed by atoms with Crippen molar-refractivity contribution in [1.29, 1.82) is 0 Å². The molecular formula is C20H22BrFN2O3. The lowest BCUT2D eigenvalue weighted by atomic mass is 9.93. The Kier molecular flexibility index (Phi) is 6.66. The fraction of sp³-hybridized carbons (Fsp3) is 0.400. The van der Waals surface area contributed by atoms with Crippen molar-refractivity contribution in [2.45, 2.75) is 44.7 Å². The third-order valence-corrected chi connectivity index (χ3v) is 5.25. The lowest BCUT2D eigenvalue weighted by Crippen LogP contribution is -2.43. The van der Waals surface area contributed by atoms with Crippen molar-refractivity contribution >= 4 is 27.8 Å². The van der Waals surface area contributed by atoms with Gasteiger partial charge < -0.3 is 14.6 Å². The second-order valence-corrected chi connectivity index (χ2v) is 7.66. The summed E-state index contributed by atoms with van der Waals surface area (Å²) in [4.78, 5) is 29.4. The smallest absolute Gasteiger partial charge is 0.355 e. The molecule has 0 spiro atoms. The Morgan fingerprint density at radius 2 is 1.89 bits per heavy atom. The van der Waals surface area contributed by atoms with E-state index in [0.29, 0.717) is 6.54 Å². The highest BCUT2D eigenvalue weighted by atomic mass is 79.9. The molecule has 0 unspecified atom stereocenters. The number of H-pyrrole nitrogens is 1. The van der Waals surface area contributed by atoms with Gasteiger partial charge in [-0.1, -0.05) is 31.4 Å². The van der Waals surface area contributed by atoms with Crippen LogP contribution in [0.15, 0.2) is 41.0 Å². The first-order valence-corrected chi connectivity index (χ1v) is 9.87. The van der Waals surface area contributed by atoms with Crippen LogP contribution in [0.4, 0.5) is 4.39 Å². The predicted molar refractivity (Wildman–Crippen MR) is 103 cm³/mol. The zero-order valence-electron chi connectivity index (χ0n) is 14.9. The van der Waals surface area contributed by atoms with Gasteiger partial charge in [-0.3, -0.25) is 4.79 Å². The summed E-state index contributed by atoms with van der Waals surface area (Å²) in [6, 6.07) is 7.87. The molecule has 1 aliphatic rings. The van der Waals surface area contributed by atoms with E-state index in [-0.39, 0.29) is 30.1 Å². The fourth-order valence-corrected chi connectivity index (χ4v) is 3.72. The van der Waals surface area contributed by atoms with Crippen LogP contribution >= 0.6 is 15.9 Å². The number of esters is 1. The fourth-order valence-electron chi connectivity index (χ4n) is 3.37. The summed E-state index contributed by atoms with van der Waals surface area (Å²) in [6.45, 7) is 0.0720. The Labute approximate surface area is 166 Å². The quantitative estimate of drug-likeness (QED) is 0.680. The molecular weight excluding hydrogens is 415 g/mol. The molecule has 0 radical (unpaired) electrons. The van der Waals surface area contributed by atoms with Crippen molar-refractivity contribution < 1.29 is 18.7 Å². The number of halogens is 2. The maximum absolute atomic E-state index is 13.2. The third kappa shape index (κ3) is 5.42. The van der Waals surface area contributed by atoms with Gasteiger partial charge in [0.1, 0.15) is 11.5 Å². The number of hydrogen-bond acceptors (Lipinski definition) is 3. The van der Waals surface area contributed by atoms with Gasteiger partial charge in [-0.15, -0.1) is 0 Å². The number of aromatic nitrogens is 1. The van der Waals surface area contributed by atoms with E-state index in [0.717, 1.165) is 35.7 Å². The molecule has 1 fully saturated rings. The summed E-state index contributed by atoms with van der Waals surface area (Å²) in [6.07, 6.45) is 6.82. The van der Waals surface area contributed by atoms with E-state index in [1.807, 2.05) is 0 Å². The Morgan fingerprint density at radius 1 is 1.19 bits per heavy atom. The maximum atomic E-state index is 13.2. The van der Waals surface area contributed by atoms with Gasteiger partial charge in [0.05, 0.1) is 0 Å². The number of hydrogen-bond donors (Lipinski definition) is 1. The standard InChI is InChI=1S/C20H22BrFN2O3/c21-15-10-18(23-11-15)20(26)27-13-19(25)24(17-4-2-1-3-5-17)12-14-6-8-16(22)9-7-14/h6-11,17,23H,1-5,12-13H2. The number of amides is 1. The summed E-state index contributed by atoms with van der Waals surface area (Å²) < 4.78 is 19.1. The van der Waals surface area contributed by atoms with Crippen LogP contribution in [0.3, 0.4) is 0 Å². The van der Waals surface area contributed by atoms with Gasteiger partial charge >= 0.3 is 5.97 Å². The summed E-state index contributed by atoms with van der Waals surface area (Å²) in [5, 5.41) is 0. The number of nitrogens with zero attached hydrogens (tertiary/aromatic N) is 1. The first-order valence-electron chi connectivity index (χ1n) is 9.08. The number of aromatic amines is 1. The molecule has 3 rings (SSSR count). The van der Waals surface area contributed by atoms with Gasteiger partial charge in [-0.25, -0.2) is 9.18 Å². The minimum atomic E-state index is -0.570. The molecule has 1 saturated carbocycles. The van der Waals surface area contributed by atoms with Crippen molar-refractivity contribution in [3.8, 4) is 0 Å². The molecule has 144 valence electrons. The minimum absolute atomic E-state index is 0.120. The Balaban J connectivity index is 1.66. The zero-order chi connectivity index (χ0) is 19.2. The Hall–Kier alpha value is -2.15.